The van der Waals surface area contributed by atoms with Crippen molar-refractivity contribution in [3.05, 3.63) is 70.8 Å². The zero-order valence-corrected chi connectivity index (χ0v) is 13.0. The van der Waals surface area contributed by atoms with Gasteiger partial charge in [-0.25, -0.2) is 0 Å². The average molecular weight is 281 g/mol. The number of nitrogens with one attached hydrogen (secondary N) is 1. The molecule has 1 atom stereocenters. The zero-order valence-electron chi connectivity index (χ0n) is 13.0. The Bertz CT molecular complexity index is 604. The van der Waals surface area contributed by atoms with Crippen LogP contribution in [0.15, 0.2) is 48.5 Å². The molecule has 0 aliphatic carbocycles. The molecule has 0 spiro atoms. The molecule has 2 aromatic carbocycles. The fraction of sp³-hybridized carbons (Fsp3) is 0.316. The number of aryl methyl sites for hydroxylation is 2. The summed E-state index contributed by atoms with van der Waals surface area (Å²) in [6, 6.07) is 16.2. The number of carbonyl (C=O) groups is 1. The molecule has 0 radical (unpaired) electrons. The maximum Gasteiger partial charge on any atom is 0.252 e. The molecule has 0 heterocycles. The molecule has 2 aromatic rings. The Hall–Kier alpha value is -2.09. The predicted octanol–water partition coefficient (Wildman–Crippen LogP) is 4.57. The van der Waals surface area contributed by atoms with Crippen LogP contribution in [0.25, 0.3) is 0 Å². The third-order valence-corrected chi connectivity index (χ3v) is 3.71. The largest absolute Gasteiger partial charge is 0.345 e. The van der Waals surface area contributed by atoms with E-state index in [1.807, 2.05) is 50.2 Å². The van der Waals surface area contributed by atoms with Crippen molar-refractivity contribution in [2.45, 2.75) is 39.7 Å². The molecule has 2 heteroatoms. The molecule has 1 unspecified atom stereocenters. The summed E-state index contributed by atoms with van der Waals surface area (Å²) in [6.07, 6.45) is 1.98. The van der Waals surface area contributed by atoms with E-state index in [0.29, 0.717) is 0 Å². The molecule has 0 aliphatic heterocycles. The molecule has 1 amide bonds. The van der Waals surface area contributed by atoms with Gasteiger partial charge in [0.1, 0.15) is 0 Å². The van der Waals surface area contributed by atoms with Gasteiger partial charge in [-0.05, 0) is 37.5 Å². The van der Waals surface area contributed by atoms with E-state index in [2.05, 4.69) is 24.4 Å². The number of benzene rings is 2. The third kappa shape index (κ3) is 3.94. The lowest BCUT2D eigenvalue weighted by atomic mass is 10.0. The fourth-order valence-corrected chi connectivity index (χ4v) is 2.60. The van der Waals surface area contributed by atoms with Gasteiger partial charge in [0.05, 0.1) is 6.04 Å². The van der Waals surface area contributed by atoms with Gasteiger partial charge in [-0.1, -0.05) is 61.4 Å². The van der Waals surface area contributed by atoms with E-state index in [1.54, 1.807) is 0 Å². The summed E-state index contributed by atoms with van der Waals surface area (Å²) in [5, 5.41) is 3.17. The Morgan fingerprint density at radius 1 is 1.10 bits per heavy atom. The first-order valence-corrected chi connectivity index (χ1v) is 7.55. The van der Waals surface area contributed by atoms with Crippen molar-refractivity contribution < 1.29 is 4.79 Å². The van der Waals surface area contributed by atoms with E-state index < -0.39 is 0 Å². The van der Waals surface area contributed by atoms with Crippen molar-refractivity contribution in [2.75, 3.05) is 0 Å². The minimum Gasteiger partial charge on any atom is -0.345 e. The molecule has 21 heavy (non-hydrogen) atoms. The number of hydrogen-bond acceptors (Lipinski definition) is 1. The highest BCUT2D eigenvalue weighted by molar-refractivity contribution is 5.95. The molecule has 1 N–H and O–H groups in total. The SMILES string of the molecule is CCCC(NC(=O)c1ccc(C)cc1C)c1ccccc1. The highest BCUT2D eigenvalue weighted by Crippen LogP contribution is 2.19. The van der Waals surface area contributed by atoms with Crippen molar-refractivity contribution in [3.63, 3.8) is 0 Å². The van der Waals surface area contributed by atoms with Gasteiger partial charge in [0, 0.05) is 5.56 Å². The van der Waals surface area contributed by atoms with Crippen LogP contribution in [-0.4, -0.2) is 5.91 Å². The summed E-state index contributed by atoms with van der Waals surface area (Å²) in [4.78, 5) is 12.5. The molecular formula is C19H23NO. The van der Waals surface area contributed by atoms with E-state index in [9.17, 15) is 4.79 Å². The van der Waals surface area contributed by atoms with E-state index >= 15 is 0 Å². The molecule has 0 saturated heterocycles. The van der Waals surface area contributed by atoms with Crippen LogP contribution < -0.4 is 5.32 Å². The number of hydrogen-bond donors (Lipinski definition) is 1. The molecule has 0 bridgehead atoms. The smallest absolute Gasteiger partial charge is 0.252 e. The molecule has 0 fully saturated rings. The lowest BCUT2D eigenvalue weighted by Crippen LogP contribution is -2.29. The van der Waals surface area contributed by atoms with Gasteiger partial charge in [-0.3, -0.25) is 4.79 Å². The lowest BCUT2D eigenvalue weighted by molar-refractivity contribution is 0.0934. The Labute approximate surface area is 127 Å². The monoisotopic (exact) mass is 281 g/mol. The summed E-state index contributed by atoms with van der Waals surface area (Å²) in [6.45, 7) is 6.16. The standard InChI is InChI=1S/C19H23NO/c1-4-8-18(16-9-6-5-7-10-16)20-19(21)17-12-11-14(2)13-15(17)3/h5-7,9-13,18H,4,8H2,1-3H3,(H,20,21). The van der Waals surface area contributed by atoms with E-state index in [4.69, 9.17) is 0 Å². The second-order valence-electron chi connectivity index (χ2n) is 5.54. The number of amides is 1. The Morgan fingerprint density at radius 2 is 1.81 bits per heavy atom. The van der Waals surface area contributed by atoms with Crippen molar-refractivity contribution in [1.29, 1.82) is 0 Å². The van der Waals surface area contributed by atoms with E-state index in [1.165, 1.54) is 5.56 Å². The van der Waals surface area contributed by atoms with E-state index in [0.717, 1.165) is 29.5 Å². The minimum absolute atomic E-state index is 0.00908. The Kier molecular flexibility index (Phi) is 5.15. The van der Waals surface area contributed by atoms with Gasteiger partial charge in [0.2, 0.25) is 0 Å². The topological polar surface area (TPSA) is 29.1 Å². The first kappa shape index (κ1) is 15.3. The summed E-state index contributed by atoms with van der Waals surface area (Å²) in [5.41, 5.74) is 4.13. The molecule has 110 valence electrons. The zero-order chi connectivity index (χ0) is 15.2. The van der Waals surface area contributed by atoms with Crippen LogP contribution in [0.1, 0.15) is 52.9 Å². The van der Waals surface area contributed by atoms with Crippen LogP contribution in [0, 0.1) is 13.8 Å². The van der Waals surface area contributed by atoms with Crippen molar-refractivity contribution >= 4 is 5.91 Å². The third-order valence-electron chi connectivity index (χ3n) is 3.71. The maximum absolute atomic E-state index is 12.5. The molecule has 2 rings (SSSR count). The summed E-state index contributed by atoms with van der Waals surface area (Å²) in [5.74, 6) is 0.00908. The van der Waals surface area contributed by atoms with E-state index in [-0.39, 0.29) is 11.9 Å². The minimum atomic E-state index is 0.00908. The van der Waals surface area contributed by atoms with Gasteiger partial charge in [-0.15, -0.1) is 0 Å². The number of rotatable bonds is 5. The second kappa shape index (κ2) is 7.07. The van der Waals surface area contributed by atoms with Crippen molar-refractivity contribution in [2.24, 2.45) is 0 Å². The molecule has 0 saturated carbocycles. The van der Waals surface area contributed by atoms with Gasteiger partial charge >= 0.3 is 0 Å². The predicted molar refractivity (Wildman–Crippen MR) is 87.5 cm³/mol. The normalized spacial score (nSPS) is 12.0. The fourth-order valence-electron chi connectivity index (χ4n) is 2.60. The Balaban J connectivity index is 2.18. The highest BCUT2D eigenvalue weighted by Gasteiger charge is 2.16. The summed E-state index contributed by atoms with van der Waals surface area (Å²) >= 11 is 0. The van der Waals surface area contributed by atoms with Gasteiger partial charge in [0.25, 0.3) is 5.91 Å². The van der Waals surface area contributed by atoms with Crippen LogP contribution in [0.4, 0.5) is 0 Å². The van der Waals surface area contributed by atoms with Crippen molar-refractivity contribution in [1.82, 2.24) is 5.32 Å². The second-order valence-corrected chi connectivity index (χ2v) is 5.54. The maximum atomic E-state index is 12.5. The number of carbonyl (C=O) groups excluding carboxylic acids is 1. The average Bonchev–Trinajstić information content (AvgIpc) is 2.47. The van der Waals surface area contributed by atoms with Crippen LogP contribution in [0.3, 0.4) is 0 Å². The molecule has 0 aliphatic rings. The summed E-state index contributed by atoms with van der Waals surface area (Å²) < 4.78 is 0. The first-order valence-electron chi connectivity index (χ1n) is 7.55. The van der Waals surface area contributed by atoms with Gasteiger partial charge in [0.15, 0.2) is 0 Å². The quantitative estimate of drug-likeness (QED) is 0.854. The van der Waals surface area contributed by atoms with Crippen LogP contribution in [0.2, 0.25) is 0 Å². The van der Waals surface area contributed by atoms with Crippen LogP contribution in [0.5, 0.6) is 0 Å². The molecular weight excluding hydrogens is 258 g/mol. The molecule has 2 nitrogen and oxygen atoms in total. The van der Waals surface area contributed by atoms with Crippen LogP contribution in [-0.2, 0) is 0 Å². The van der Waals surface area contributed by atoms with Gasteiger partial charge in [-0.2, -0.15) is 0 Å². The van der Waals surface area contributed by atoms with Crippen LogP contribution >= 0.6 is 0 Å². The summed E-state index contributed by atoms with van der Waals surface area (Å²) in [7, 11) is 0. The van der Waals surface area contributed by atoms with Crippen molar-refractivity contribution in [3.8, 4) is 0 Å². The van der Waals surface area contributed by atoms with Gasteiger partial charge < -0.3 is 5.32 Å². The highest BCUT2D eigenvalue weighted by atomic mass is 16.1. The first-order chi connectivity index (χ1) is 10.1. The molecule has 0 aromatic heterocycles. The lowest BCUT2D eigenvalue weighted by Gasteiger charge is -2.19. The Morgan fingerprint density at radius 3 is 2.43 bits per heavy atom.